The maximum Gasteiger partial charge on any atom is 0.231 e. The smallest absolute Gasteiger partial charge is 0.231 e. The van der Waals surface area contributed by atoms with Crippen LogP contribution in [-0.4, -0.2) is 39.1 Å². The Kier molecular flexibility index (Phi) is 4.49. The summed E-state index contributed by atoms with van der Waals surface area (Å²) < 4.78 is 1.81. The first-order valence-corrected chi connectivity index (χ1v) is 9.35. The Morgan fingerprint density at radius 1 is 1.27 bits per heavy atom. The molecule has 0 spiro atoms. The molecule has 2 amide bonds. The molecule has 6 nitrogen and oxygen atoms in total. The largest absolute Gasteiger partial charge is 0.340 e. The van der Waals surface area contributed by atoms with Crippen LogP contribution in [0.25, 0.3) is 11.1 Å². The van der Waals surface area contributed by atoms with Gasteiger partial charge in [0.15, 0.2) is 0 Å². The number of rotatable bonds is 3. The number of aromatic nitrogens is 2. The lowest BCUT2D eigenvalue weighted by Crippen LogP contribution is -2.44. The Balaban J connectivity index is 1.50. The van der Waals surface area contributed by atoms with Gasteiger partial charge in [-0.25, -0.2) is 4.68 Å². The van der Waals surface area contributed by atoms with E-state index in [1.165, 1.54) is 6.42 Å². The van der Waals surface area contributed by atoms with E-state index in [0.717, 1.165) is 36.3 Å². The maximum absolute atomic E-state index is 12.7. The van der Waals surface area contributed by atoms with Gasteiger partial charge in [0.25, 0.3) is 0 Å². The lowest BCUT2D eigenvalue weighted by molar-refractivity contribution is -0.138. The summed E-state index contributed by atoms with van der Waals surface area (Å²) in [6.45, 7) is 3.34. The first-order valence-electron chi connectivity index (χ1n) is 9.35. The van der Waals surface area contributed by atoms with Crippen molar-refractivity contribution in [2.75, 3.05) is 11.9 Å². The van der Waals surface area contributed by atoms with Gasteiger partial charge in [-0.05, 0) is 31.7 Å². The first-order chi connectivity index (χ1) is 12.6. The molecule has 0 radical (unpaired) electrons. The minimum atomic E-state index is -0.368. The van der Waals surface area contributed by atoms with E-state index in [2.05, 4.69) is 17.3 Å². The van der Waals surface area contributed by atoms with Crippen LogP contribution in [-0.2, 0) is 16.1 Å². The molecule has 6 heteroatoms. The van der Waals surface area contributed by atoms with Gasteiger partial charge in [-0.1, -0.05) is 30.3 Å². The van der Waals surface area contributed by atoms with E-state index in [9.17, 15) is 9.59 Å². The zero-order valence-corrected chi connectivity index (χ0v) is 15.0. The predicted molar refractivity (Wildman–Crippen MR) is 99.4 cm³/mol. The van der Waals surface area contributed by atoms with Crippen LogP contribution in [0.2, 0.25) is 0 Å². The summed E-state index contributed by atoms with van der Waals surface area (Å²) in [5.41, 5.74) is 1.93. The molecule has 0 saturated carbocycles. The van der Waals surface area contributed by atoms with Crippen LogP contribution < -0.4 is 5.32 Å². The first kappa shape index (κ1) is 16.8. The van der Waals surface area contributed by atoms with Gasteiger partial charge in [0.1, 0.15) is 5.82 Å². The molecular formula is C20H24N4O2. The fraction of sp³-hybridized carbons (Fsp3) is 0.450. The van der Waals surface area contributed by atoms with Crippen molar-refractivity contribution in [2.24, 2.45) is 5.92 Å². The SMILES string of the molecule is C[C@H]1CCCCN1C(=O)C[C@@H]1Cn2ncc(-c3ccccc3)c2NC1=O. The number of piperidine rings is 1. The number of hydrogen-bond donors (Lipinski definition) is 1. The van der Waals surface area contributed by atoms with Crippen molar-refractivity contribution in [1.29, 1.82) is 0 Å². The quantitative estimate of drug-likeness (QED) is 0.923. The van der Waals surface area contributed by atoms with Gasteiger partial charge in [-0.3, -0.25) is 9.59 Å². The van der Waals surface area contributed by atoms with Crippen molar-refractivity contribution in [3.8, 4) is 11.1 Å². The number of hydrogen-bond acceptors (Lipinski definition) is 3. The molecule has 1 fully saturated rings. The van der Waals surface area contributed by atoms with Crippen LogP contribution in [0.4, 0.5) is 5.82 Å². The number of anilines is 1. The second-order valence-electron chi connectivity index (χ2n) is 7.28. The molecule has 0 aliphatic carbocycles. The lowest BCUT2D eigenvalue weighted by atomic mass is 9.98. The molecule has 1 aromatic carbocycles. The molecule has 3 heterocycles. The van der Waals surface area contributed by atoms with Crippen LogP contribution in [0.3, 0.4) is 0 Å². The van der Waals surface area contributed by atoms with Crippen LogP contribution in [0, 0.1) is 5.92 Å². The summed E-state index contributed by atoms with van der Waals surface area (Å²) in [7, 11) is 0. The topological polar surface area (TPSA) is 67.2 Å². The van der Waals surface area contributed by atoms with E-state index in [1.807, 2.05) is 35.2 Å². The van der Waals surface area contributed by atoms with Gasteiger partial charge in [0, 0.05) is 24.6 Å². The summed E-state index contributed by atoms with van der Waals surface area (Å²) in [5.74, 6) is 0.341. The number of fused-ring (bicyclic) bond motifs is 1. The fourth-order valence-electron chi connectivity index (χ4n) is 3.95. The van der Waals surface area contributed by atoms with Crippen LogP contribution >= 0.6 is 0 Å². The lowest BCUT2D eigenvalue weighted by Gasteiger charge is -2.34. The second-order valence-corrected chi connectivity index (χ2v) is 7.28. The average Bonchev–Trinajstić information content (AvgIpc) is 3.05. The van der Waals surface area contributed by atoms with Gasteiger partial charge in [-0.15, -0.1) is 0 Å². The average molecular weight is 352 g/mol. The van der Waals surface area contributed by atoms with E-state index >= 15 is 0 Å². The maximum atomic E-state index is 12.7. The molecule has 2 aromatic rings. The Morgan fingerprint density at radius 3 is 2.85 bits per heavy atom. The molecule has 0 unspecified atom stereocenters. The Hall–Kier alpha value is -2.63. The minimum absolute atomic E-state index is 0.0799. The van der Waals surface area contributed by atoms with Crippen molar-refractivity contribution in [1.82, 2.24) is 14.7 Å². The zero-order valence-electron chi connectivity index (χ0n) is 15.0. The van der Waals surface area contributed by atoms with Gasteiger partial charge in [-0.2, -0.15) is 5.10 Å². The summed E-state index contributed by atoms with van der Waals surface area (Å²) >= 11 is 0. The molecule has 2 aliphatic heterocycles. The molecule has 26 heavy (non-hydrogen) atoms. The summed E-state index contributed by atoms with van der Waals surface area (Å²) in [6, 6.07) is 10.2. The summed E-state index contributed by atoms with van der Waals surface area (Å²) in [4.78, 5) is 27.2. The molecule has 4 rings (SSSR count). The van der Waals surface area contributed by atoms with Crippen molar-refractivity contribution in [3.63, 3.8) is 0 Å². The number of nitrogens with one attached hydrogen (secondary N) is 1. The third-order valence-corrected chi connectivity index (χ3v) is 5.47. The predicted octanol–water partition coefficient (Wildman–Crippen LogP) is 2.91. The number of nitrogens with zero attached hydrogens (tertiary/aromatic N) is 3. The van der Waals surface area contributed by atoms with E-state index in [0.29, 0.717) is 6.54 Å². The standard InChI is InChI=1S/C20H24N4O2/c1-14-7-5-6-10-23(14)18(25)11-16-13-24-19(22-20(16)26)17(12-21-24)15-8-3-2-4-9-15/h2-4,8-9,12,14,16H,5-7,10-11,13H2,1H3,(H,22,26)/t14-,16+/m0/s1. The minimum Gasteiger partial charge on any atom is -0.340 e. The Morgan fingerprint density at radius 2 is 2.08 bits per heavy atom. The third kappa shape index (κ3) is 3.11. The highest BCUT2D eigenvalue weighted by Gasteiger charge is 2.33. The van der Waals surface area contributed by atoms with E-state index in [-0.39, 0.29) is 30.2 Å². The number of benzene rings is 1. The van der Waals surface area contributed by atoms with E-state index in [1.54, 1.807) is 10.9 Å². The number of carbonyl (C=O) groups is 2. The summed E-state index contributed by atoms with van der Waals surface area (Å²) in [6.07, 6.45) is 5.30. The monoisotopic (exact) mass is 352 g/mol. The number of carbonyl (C=O) groups excluding carboxylic acids is 2. The van der Waals surface area contributed by atoms with E-state index < -0.39 is 0 Å². The van der Waals surface area contributed by atoms with Gasteiger partial charge >= 0.3 is 0 Å². The van der Waals surface area contributed by atoms with Gasteiger partial charge in [0.05, 0.1) is 18.7 Å². The van der Waals surface area contributed by atoms with Gasteiger partial charge < -0.3 is 10.2 Å². The van der Waals surface area contributed by atoms with Crippen molar-refractivity contribution in [2.45, 2.75) is 45.2 Å². The molecule has 2 atom stereocenters. The number of amides is 2. The second kappa shape index (κ2) is 6.94. The van der Waals surface area contributed by atoms with Crippen molar-refractivity contribution >= 4 is 17.6 Å². The molecule has 1 N–H and O–H groups in total. The van der Waals surface area contributed by atoms with Crippen LogP contribution in [0.15, 0.2) is 36.5 Å². The molecule has 1 aromatic heterocycles. The molecular weight excluding hydrogens is 328 g/mol. The molecule has 2 aliphatic rings. The Bertz CT molecular complexity index is 814. The zero-order chi connectivity index (χ0) is 18.1. The third-order valence-electron chi connectivity index (χ3n) is 5.47. The Labute approximate surface area is 153 Å². The highest BCUT2D eigenvalue weighted by atomic mass is 16.2. The van der Waals surface area contributed by atoms with E-state index in [4.69, 9.17) is 0 Å². The van der Waals surface area contributed by atoms with Crippen LogP contribution in [0.5, 0.6) is 0 Å². The van der Waals surface area contributed by atoms with Gasteiger partial charge in [0.2, 0.25) is 11.8 Å². The van der Waals surface area contributed by atoms with Crippen LogP contribution in [0.1, 0.15) is 32.6 Å². The molecule has 136 valence electrons. The molecule has 1 saturated heterocycles. The highest BCUT2D eigenvalue weighted by Crippen LogP contribution is 2.32. The fourth-order valence-corrected chi connectivity index (χ4v) is 3.95. The summed E-state index contributed by atoms with van der Waals surface area (Å²) in [5, 5.41) is 7.40. The normalized spacial score (nSPS) is 22.7. The molecule has 0 bridgehead atoms. The number of likely N-dealkylation sites (tertiary alicyclic amines) is 1. The highest BCUT2D eigenvalue weighted by molar-refractivity contribution is 5.98. The van der Waals surface area contributed by atoms with Crippen molar-refractivity contribution < 1.29 is 9.59 Å². The van der Waals surface area contributed by atoms with Crippen molar-refractivity contribution in [3.05, 3.63) is 36.5 Å².